The average Bonchev–Trinajstić information content (AvgIpc) is 2.64. The molecule has 21 heavy (non-hydrogen) atoms. The van der Waals surface area contributed by atoms with Gasteiger partial charge in [-0.15, -0.1) is 0 Å². The van der Waals surface area contributed by atoms with Crippen molar-refractivity contribution in [3.05, 3.63) is 22.7 Å². The van der Waals surface area contributed by atoms with Crippen molar-refractivity contribution in [2.45, 2.75) is 24.5 Å². The van der Waals surface area contributed by atoms with Gasteiger partial charge in [-0.25, -0.2) is 14.9 Å². The van der Waals surface area contributed by atoms with Crippen LogP contribution in [-0.2, 0) is 13.8 Å². The maximum absolute atomic E-state index is 11.7. The van der Waals surface area contributed by atoms with Gasteiger partial charge in [0.2, 0.25) is 0 Å². The highest BCUT2D eigenvalue weighted by Gasteiger charge is 2.44. The van der Waals surface area contributed by atoms with E-state index in [1.807, 2.05) is 0 Å². The number of anilines is 1. The van der Waals surface area contributed by atoms with E-state index in [-0.39, 0.29) is 5.82 Å². The second-order valence-electron chi connectivity index (χ2n) is 4.45. The standard InChI is InChI=1S/C9H15N4O7P/c10-5-1-2-13(9(16)12-5)8-7(15)6(14)4(20-8)3-19-21(11,17)18/h1-2,4,6-8,14-15H,3H2,(H2,10,12,16)(H3,11,17,18)/t4-,6-,7-,8-/m1/s1. The van der Waals surface area contributed by atoms with Crippen molar-refractivity contribution in [2.24, 2.45) is 5.50 Å². The third kappa shape index (κ3) is 3.66. The van der Waals surface area contributed by atoms with Gasteiger partial charge in [0.05, 0.1) is 6.61 Å². The molecule has 0 saturated carbocycles. The van der Waals surface area contributed by atoms with Crippen molar-refractivity contribution in [1.29, 1.82) is 0 Å². The van der Waals surface area contributed by atoms with Gasteiger partial charge in [0.15, 0.2) is 6.23 Å². The van der Waals surface area contributed by atoms with Crippen LogP contribution in [0.5, 0.6) is 0 Å². The Morgan fingerprint density at radius 2 is 2.14 bits per heavy atom. The number of nitrogen functional groups attached to an aromatic ring is 1. The van der Waals surface area contributed by atoms with Gasteiger partial charge in [0.1, 0.15) is 24.1 Å². The van der Waals surface area contributed by atoms with Gasteiger partial charge in [0.25, 0.3) is 0 Å². The topological polar surface area (TPSA) is 183 Å². The number of aliphatic hydroxyl groups excluding tert-OH is 2. The van der Waals surface area contributed by atoms with Crippen LogP contribution >= 0.6 is 7.75 Å². The molecule has 1 aliphatic heterocycles. The molecule has 0 bridgehead atoms. The third-order valence-corrected chi connectivity index (χ3v) is 3.41. The fraction of sp³-hybridized carbons (Fsp3) is 0.556. The largest absolute Gasteiger partial charge is 0.400 e. The Bertz CT molecular complexity index is 616. The summed E-state index contributed by atoms with van der Waals surface area (Å²) in [6, 6.07) is 1.31. The summed E-state index contributed by atoms with van der Waals surface area (Å²) in [6.45, 7) is -0.532. The summed E-state index contributed by atoms with van der Waals surface area (Å²) in [7, 11) is -4.24. The SMILES string of the molecule is Nc1ccn([C@@H]2O[C@H](COP(N)(=O)O)[C@@H](O)[C@H]2O)c(=O)n1. The fourth-order valence-corrected chi connectivity index (χ4v) is 2.26. The van der Waals surface area contributed by atoms with Gasteiger partial charge in [-0.3, -0.25) is 9.09 Å². The van der Waals surface area contributed by atoms with Crippen LogP contribution in [0.3, 0.4) is 0 Å². The Morgan fingerprint density at radius 1 is 1.48 bits per heavy atom. The Balaban J connectivity index is 2.16. The lowest BCUT2D eigenvalue weighted by Gasteiger charge is -2.17. The van der Waals surface area contributed by atoms with E-state index in [0.717, 1.165) is 4.57 Å². The molecule has 11 nitrogen and oxygen atoms in total. The first-order valence-electron chi connectivity index (χ1n) is 5.81. The number of aromatic nitrogens is 2. The molecule has 5 atom stereocenters. The summed E-state index contributed by atoms with van der Waals surface area (Å²) >= 11 is 0. The molecule has 1 aromatic heterocycles. The van der Waals surface area contributed by atoms with Gasteiger partial charge in [-0.2, -0.15) is 4.98 Å². The summed E-state index contributed by atoms with van der Waals surface area (Å²) < 4.78 is 21.5. The molecule has 0 radical (unpaired) electrons. The van der Waals surface area contributed by atoms with Crippen molar-refractivity contribution >= 4 is 13.6 Å². The highest BCUT2D eigenvalue weighted by atomic mass is 31.2. The number of rotatable bonds is 4. The molecule has 0 spiro atoms. The van der Waals surface area contributed by atoms with Crippen molar-refractivity contribution in [3.63, 3.8) is 0 Å². The molecule has 0 aromatic carbocycles. The van der Waals surface area contributed by atoms with E-state index >= 15 is 0 Å². The third-order valence-electron chi connectivity index (χ3n) is 2.89. The first-order valence-corrected chi connectivity index (χ1v) is 7.46. The van der Waals surface area contributed by atoms with Gasteiger partial charge in [-0.05, 0) is 6.07 Å². The molecule has 0 aliphatic carbocycles. The number of aliphatic hydroxyl groups is 2. The summed E-state index contributed by atoms with van der Waals surface area (Å²) in [5.74, 6) is -0.00600. The highest BCUT2D eigenvalue weighted by Crippen LogP contribution is 2.35. The van der Waals surface area contributed by atoms with E-state index in [9.17, 15) is 19.6 Å². The van der Waals surface area contributed by atoms with Crippen molar-refractivity contribution in [1.82, 2.24) is 9.55 Å². The fourth-order valence-electron chi connectivity index (χ4n) is 1.90. The first kappa shape index (κ1) is 16.0. The Kier molecular flexibility index (Phi) is 4.44. The Labute approximate surface area is 118 Å². The van der Waals surface area contributed by atoms with Crippen LogP contribution < -0.4 is 16.9 Å². The lowest BCUT2D eigenvalue weighted by Crippen LogP contribution is -2.36. The zero-order valence-electron chi connectivity index (χ0n) is 10.6. The van der Waals surface area contributed by atoms with Gasteiger partial charge in [0, 0.05) is 6.20 Å². The molecule has 1 aliphatic rings. The van der Waals surface area contributed by atoms with Crippen LogP contribution in [0.1, 0.15) is 6.23 Å². The normalized spacial score (nSPS) is 32.0. The van der Waals surface area contributed by atoms with E-state index in [2.05, 4.69) is 9.51 Å². The molecule has 1 unspecified atom stereocenters. The van der Waals surface area contributed by atoms with Gasteiger partial charge < -0.3 is 25.6 Å². The molecule has 12 heteroatoms. The maximum atomic E-state index is 11.7. The predicted molar refractivity (Wildman–Crippen MR) is 68.8 cm³/mol. The molecule has 1 aromatic rings. The molecule has 7 N–H and O–H groups in total. The predicted octanol–water partition coefficient (Wildman–Crippen LogP) is -2.48. The Hall–Kier alpha value is -1.33. The number of nitrogens with two attached hydrogens (primary N) is 2. The first-order chi connectivity index (χ1) is 9.69. The monoisotopic (exact) mass is 322 g/mol. The van der Waals surface area contributed by atoms with Crippen LogP contribution in [-0.4, -0.2) is 49.6 Å². The molecular formula is C9H15N4O7P. The minimum atomic E-state index is -4.24. The number of hydrogen-bond acceptors (Lipinski definition) is 8. The van der Waals surface area contributed by atoms with Crippen LogP contribution in [0, 0.1) is 0 Å². The summed E-state index contributed by atoms with van der Waals surface area (Å²) in [5, 5.41) is 19.7. The molecular weight excluding hydrogens is 307 g/mol. The highest BCUT2D eigenvalue weighted by molar-refractivity contribution is 7.50. The van der Waals surface area contributed by atoms with Crippen molar-refractivity contribution in [2.75, 3.05) is 12.3 Å². The van der Waals surface area contributed by atoms with E-state index in [0.29, 0.717) is 0 Å². The molecule has 118 valence electrons. The van der Waals surface area contributed by atoms with Crippen LogP contribution in [0.15, 0.2) is 17.1 Å². The number of ether oxygens (including phenoxy) is 1. The van der Waals surface area contributed by atoms with Gasteiger partial charge in [-0.1, -0.05) is 0 Å². The van der Waals surface area contributed by atoms with Crippen molar-refractivity contribution in [3.8, 4) is 0 Å². The maximum Gasteiger partial charge on any atom is 0.400 e. The molecule has 1 fully saturated rings. The zero-order chi connectivity index (χ0) is 15.8. The second kappa shape index (κ2) is 5.81. The Morgan fingerprint density at radius 3 is 2.71 bits per heavy atom. The second-order valence-corrected chi connectivity index (χ2v) is 5.83. The average molecular weight is 322 g/mol. The van der Waals surface area contributed by atoms with Crippen LogP contribution in [0.25, 0.3) is 0 Å². The molecule has 1 saturated heterocycles. The lowest BCUT2D eigenvalue weighted by molar-refractivity contribution is -0.0524. The zero-order valence-corrected chi connectivity index (χ0v) is 11.5. The smallest absolute Gasteiger partial charge is 0.387 e. The van der Waals surface area contributed by atoms with Gasteiger partial charge >= 0.3 is 13.4 Å². The molecule has 2 rings (SSSR count). The van der Waals surface area contributed by atoms with Crippen molar-refractivity contribution < 1.29 is 28.9 Å². The van der Waals surface area contributed by atoms with Crippen LogP contribution in [0.2, 0.25) is 0 Å². The minimum absolute atomic E-state index is 0.00600. The van der Waals surface area contributed by atoms with E-state index in [1.54, 1.807) is 0 Å². The quantitative estimate of drug-likeness (QED) is 0.372. The molecule has 0 amide bonds. The van der Waals surface area contributed by atoms with E-state index < -0.39 is 44.6 Å². The summed E-state index contributed by atoms with van der Waals surface area (Å²) in [4.78, 5) is 24.0. The summed E-state index contributed by atoms with van der Waals surface area (Å²) in [6.07, 6.45) is -4.03. The minimum Gasteiger partial charge on any atom is -0.387 e. The summed E-state index contributed by atoms with van der Waals surface area (Å²) in [5.41, 5.74) is 9.35. The van der Waals surface area contributed by atoms with E-state index in [4.69, 9.17) is 20.9 Å². The van der Waals surface area contributed by atoms with E-state index in [1.165, 1.54) is 12.3 Å². The number of nitrogens with zero attached hydrogens (tertiary/aromatic N) is 2. The van der Waals surface area contributed by atoms with Crippen LogP contribution in [0.4, 0.5) is 5.82 Å². The lowest BCUT2D eigenvalue weighted by atomic mass is 10.1. The number of hydrogen-bond donors (Lipinski definition) is 5. The molecule has 2 heterocycles.